The SMILES string of the molecule is Cc1cc(CSc2ccccc2C(=O)N2CCOC(c3ccccc3)C2)on1. The van der Waals surface area contributed by atoms with Crippen LogP contribution in [-0.2, 0) is 10.5 Å². The Labute approximate surface area is 168 Å². The lowest BCUT2D eigenvalue weighted by Gasteiger charge is -2.33. The first-order valence-corrected chi connectivity index (χ1v) is 10.3. The van der Waals surface area contributed by atoms with E-state index < -0.39 is 0 Å². The highest BCUT2D eigenvalue weighted by atomic mass is 32.2. The Morgan fingerprint density at radius 3 is 2.75 bits per heavy atom. The molecule has 1 saturated heterocycles. The van der Waals surface area contributed by atoms with Crippen molar-refractivity contribution in [2.45, 2.75) is 23.7 Å². The number of ether oxygens (including phenoxy) is 1. The molecule has 2 aromatic carbocycles. The van der Waals surface area contributed by atoms with Crippen LogP contribution in [0.3, 0.4) is 0 Å². The van der Waals surface area contributed by atoms with Crippen LogP contribution in [-0.4, -0.2) is 35.7 Å². The number of hydrogen-bond acceptors (Lipinski definition) is 5. The van der Waals surface area contributed by atoms with Crippen molar-refractivity contribution < 1.29 is 14.1 Å². The van der Waals surface area contributed by atoms with E-state index in [9.17, 15) is 4.79 Å². The third-order valence-corrected chi connectivity index (χ3v) is 5.79. The van der Waals surface area contributed by atoms with Crippen molar-refractivity contribution in [2.75, 3.05) is 19.7 Å². The zero-order valence-electron chi connectivity index (χ0n) is 15.7. The molecule has 1 aliphatic rings. The average molecular weight is 394 g/mol. The Hall–Kier alpha value is -2.57. The summed E-state index contributed by atoms with van der Waals surface area (Å²) in [7, 11) is 0. The van der Waals surface area contributed by atoms with Crippen molar-refractivity contribution in [3.8, 4) is 0 Å². The van der Waals surface area contributed by atoms with E-state index in [1.165, 1.54) is 0 Å². The van der Waals surface area contributed by atoms with Crippen molar-refractivity contribution in [1.82, 2.24) is 10.1 Å². The van der Waals surface area contributed by atoms with Crippen LogP contribution in [0, 0.1) is 6.92 Å². The molecule has 0 spiro atoms. The van der Waals surface area contributed by atoms with Crippen LogP contribution in [0.4, 0.5) is 0 Å². The van der Waals surface area contributed by atoms with Gasteiger partial charge in [-0.25, -0.2) is 0 Å². The summed E-state index contributed by atoms with van der Waals surface area (Å²) in [5, 5.41) is 3.92. The summed E-state index contributed by atoms with van der Waals surface area (Å²) in [5.74, 6) is 1.49. The lowest BCUT2D eigenvalue weighted by Crippen LogP contribution is -2.42. The molecule has 2 heterocycles. The first-order valence-electron chi connectivity index (χ1n) is 9.30. The van der Waals surface area contributed by atoms with Gasteiger partial charge < -0.3 is 14.2 Å². The van der Waals surface area contributed by atoms with Gasteiger partial charge in [-0.1, -0.05) is 47.6 Å². The molecule has 4 rings (SSSR count). The number of carbonyl (C=O) groups is 1. The molecule has 0 bridgehead atoms. The highest BCUT2D eigenvalue weighted by Crippen LogP contribution is 2.29. The molecule has 0 saturated carbocycles. The molecule has 1 fully saturated rings. The predicted octanol–water partition coefficient (Wildman–Crippen LogP) is 4.49. The number of nitrogens with zero attached hydrogens (tertiary/aromatic N) is 2. The smallest absolute Gasteiger partial charge is 0.255 e. The van der Waals surface area contributed by atoms with Crippen LogP contribution in [0.15, 0.2) is 70.1 Å². The first-order chi connectivity index (χ1) is 13.7. The molecule has 1 atom stereocenters. The summed E-state index contributed by atoms with van der Waals surface area (Å²) < 4.78 is 11.2. The number of benzene rings is 2. The van der Waals surface area contributed by atoms with Gasteiger partial charge in [0.15, 0.2) is 0 Å². The van der Waals surface area contributed by atoms with Gasteiger partial charge in [0.05, 0.1) is 30.2 Å². The molecule has 0 radical (unpaired) electrons. The van der Waals surface area contributed by atoms with Gasteiger partial charge in [-0.3, -0.25) is 4.79 Å². The van der Waals surface area contributed by atoms with Gasteiger partial charge in [0.2, 0.25) is 0 Å². The van der Waals surface area contributed by atoms with E-state index in [-0.39, 0.29) is 12.0 Å². The molecular formula is C22H22N2O3S. The van der Waals surface area contributed by atoms with E-state index in [4.69, 9.17) is 9.26 Å². The number of rotatable bonds is 5. The third-order valence-electron chi connectivity index (χ3n) is 4.69. The number of thioether (sulfide) groups is 1. The molecule has 3 aromatic rings. The van der Waals surface area contributed by atoms with Crippen LogP contribution >= 0.6 is 11.8 Å². The minimum atomic E-state index is -0.0871. The van der Waals surface area contributed by atoms with Crippen molar-refractivity contribution in [3.05, 3.63) is 83.2 Å². The fourth-order valence-corrected chi connectivity index (χ4v) is 4.20. The van der Waals surface area contributed by atoms with Gasteiger partial charge in [-0.2, -0.15) is 0 Å². The maximum atomic E-state index is 13.2. The number of aromatic nitrogens is 1. The lowest BCUT2D eigenvalue weighted by molar-refractivity contribution is -0.0229. The van der Waals surface area contributed by atoms with Gasteiger partial charge in [0.1, 0.15) is 11.9 Å². The molecule has 0 N–H and O–H groups in total. The number of amides is 1. The standard InChI is InChI=1S/C22H22N2O3S/c1-16-13-18(27-23-16)15-28-21-10-6-5-9-19(21)22(25)24-11-12-26-20(14-24)17-7-3-2-4-8-17/h2-10,13,20H,11-12,14-15H2,1H3. The third kappa shape index (κ3) is 4.29. The largest absolute Gasteiger partial charge is 0.370 e. The van der Waals surface area contributed by atoms with E-state index in [0.717, 1.165) is 27.5 Å². The minimum Gasteiger partial charge on any atom is -0.370 e. The predicted molar refractivity (Wildman–Crippen MR) is 108 cm³/mol. The second-order valence-corrected chi connectivity index (χ2v) is 7.76. The van der Waals surface area contributed by atoms with Crippen molar-refractivity contribution >= 4 is 17.7 Å². The Balaban J connectivity index is 1.48. The molecular weight excluding hydrogens is 372 g/mol. The van der Waals surface area contributed by atoms with E-state index in [1.54, 1.807) is 11.8 Å². The Bertz CT molecular complexity index is 942. The second kappa shape index (κ2) is 8.63. The maximum absolute atomic E-state index is 13.2. The summed E-state index contributed by atoms with van der Waals surface area (Å²) >= 11 is 1.59. The molecule has 1 aromatic heterocycles. The second-order valence-electron chi connectivity index (χ2n) is 6.74. The summed E-state index contributed by atoms with van der Waals surface area (Å²) in [4.78, 5) is 16.1. The summed E-state index contributed by atoms with van der Waals surface area (Å²) in [6.45, 7) is 3.60. The van der Waals surface area contributed by atoms with Crippen LogP contribution < -0.4 is 0 Å². The highest BCUT2D eigenvalue weighted by Gasteiger charge is 2.27. The fourth-order valence-electron chi connectivity index (χ4n) is 3.28. The van der Waals surface area contributed by atoms with Crippen molar-refractivity contribution in [1.29, 1.82) is 0 Å². The normalized spacial score (nSPS) is 16.9. The Morgan fingerprint density at radius 1 is 1.18 bits per heavy atom. The number of hydrogen-bond donors (Lipinski definition) is 0. The molecule has 1 aliphatic heterocycles. The molecule has 1 amide bonds. The monoisotopic (exact) mass is 394 g/mol. The van der Waals surface area contributed by atoms with E-state index >= 15 is 0 Å². The number of aryl methyl sites for hydroxylation is 1. The molecule has 28 heavy (non-hydrogen) atoms. The van der Waals surface area contributed by atoms with Crippen LogP contribution in [0.1, 0.15) is 33.5 Å². The topological polar surface area (TPSA) is 55.6 Å². The van der Waals surface area contributed by atoms with Crippen molar-refractivity contribution in [2.24, 2.45) is 0 Å². The Kier molecular flexibility index (Phi) is 5.78. The Morgan fingerprint density at radius 2 is 1.96 bits per heavy atom. The molecule has 0 aliphatic carbocycles. The fraction of sp³-hybridized carbons (Fsp3) is 0.273. The molecule has 5 nitrogen and oxygen atoms in total. The minimum absolute atomic E-state index is 0.0427. The van der Waals surface area contributed by atoms with Gasteiger partial charge in [-0.05, 0) is 24.6 Å². The number of carbonyl (C=O) groups excluding carboxylic acids is 1. The van der Waals surface area contributed by atoms with Crippen LogP contribution in [0.2, 0.25) is 0 Å². The van der Waals surface area contributed by atoms with E-state index in [2.05, 4.69) is 5.16 Å². The highest BCUT2D eigenvalue weighted by molar-refractivity contribution is 7.98. The van der Waals surface area contributed by atoms with Crippen LogP contribution in [0.5, 0.6) is 0 Å². The first kappa shape index (κ1) is 18.8. The molecule has 144 valence electrons. The molecule has 6 heteroatoms. The van der Waals surface area contributed by atoms with Gasteiger partial charge in [0.25, 0.3) is 5.91 Å². The average Bonchev–Trinajstić information content (AvgIpc) is 3.18. The summed E-state index contributed by atoms with van der Waals surface area (Å²) in [5.41, 5.74) is 2.68. The maximum Gasteiger partial charge on any atom is 0.255 e. The zero-order valence-corrected chi connectivity index (χ0v) is 16.5. The summed E-state index contributed by atoms with van der Waals surface area (Å²) in [6.07, 6.45) is -0.0871. The van der Waals surface area contributed by atoms with Crippen molar-refractivity contribution in [3.63, 3.8) is 0 Å². The van der Waals surface area contributed by atoms with E-state index in [0.29, 0.717) is 25.4 Å². The molecule has 1 unspecified atom stereocenters. The van der Waals surface area contributed by atoms with Crippen LogP contribution in [0.25, 0.3) is 0 Å². The number of morpholine rings is 1. The van der Waals surface area contributed by atoms with Gasteiger partial charge >= 0.3 is 0 Å². The van der Waals surface area contributed by atoms with Gasteiger partial charge in [0, 0.05) is 17.5 Å². The summed E-state index contributed by atoms with van der Waals surface area (Å²) in [6, 6.07) is 19.7. The van der Waals surface area contributed by atoms with E-state index in [1.807, 2.05) is 72.5 Å². The lowest BCUT2D eigenvalue weighted by atomic mass is 10.1. The zero-order chi connectivity index (χ0) is 19.3. The quantitative estimate of drug-likeness (QED) is 0.597. The van der Waals surface area contributed by atoms with Gasteiger partial charge in [-0.15, -0.1) is 11.8 Å².